The zero-order valence-corrected chi connectivity index (χ0v) is 21.2. The Bertz CT molecular complexity index is 1190. The van der Waals surface area contributed by atoms with Crippen molar-refractivity contribution in [1.29, 1.82) is 0 Å². The summed E-state index contributed by atoms with van der Waals surface area (Å²) in [6, 6.07) is 9.43. The number of amides is 1. The fraction of sp³-hybridized carbons (Fsp3) is 0.407. The fourth-order valence-corrected chi connectivity index (χ4v) is 4.32. The third-order valence-corrected chi connectivity index (χ3v) is 6.01. The highest BCUT2D eigenvalue weighted by atomic mass is 16.6. The number of ketones is 1. The number of carbonyl (C=O) groups is 2. The summed E-state index contributed by atoms with van der Waals surface area (Å²) in [6.45, 7) is 5.49. The number of hydrogen-bond acceptors (Lipinski definition) is 8. The van der Waals surface area contributed by atoms with Crippen LogP contribution in [0.1, 0.15) is 31.0 Å². The minimum atomic E-state index is -0.805. The molecular formula is C27H32N2O7. The Labute approximate surface area is 210 Å². The molecule has 2 heterocycles. The van der Waals surface area contributed by atoms with Crippen LogP contribution in [0, 0.1) is 0 Å². The molecule has 2 aliphatic rings. The maximum atomic E-state index is 13.3. The molecule has 0 aromatic heterocycles. The Balaban J connectivity index is 1.83. The van der Waals surface area contributed by atoms with Crippen LogP contribution in [0.3, 0.4) is 0 Å². The molecule has 0 saturated carbocycles. The van der Waals surface area contributed by atoms with Gasteiger partial charge in [-0.2, -0.15) is 0 Å². The van der Waals surface area contributed by atoms with Crippen LogP contribution >= 0.6 is 0 Å². The summed E-state index contributed by atoms with van der Waals surface area (Å²) in [4.78, 5) is 29.9. The normalized spacial score (nSPS) is 18.8. The van der Waals surface area contributed by atoms with E-state index < -0.39 is 17.7 Å². The van der Waals surface area contributed by atoms with Crippen molar-refractivity contribution in [1.82, 2.24) is 9.80 Å². The average molecular weight is 497 g/mol. The number of aliphatic hydroxyl groups excluding tert-OH is 1. The van der Waals surface area contributed by atoms with Crippen molar-refractivity contribution in [3.05, 3.63) is 53.1 Å². The van der Waals surface area contributed by atoms with E-state index in [9.17, 15) is 14.7 Å². The molecular weight excluding hydrogens is 464 g/mol. The van der Waals surface area contributed by atoms with Crippen molar-refractivity contribution in [2.75, 3.05) is 47.5 Å². The molecule has 36 heavy (non-hydrogen) atoms. The smallest absolute Gasteiger partial charge is 0.295 e. The number of fused-ring (bicyclic) bond motifs is 1. The maximum absolute atomic E-state index is 13.3. The number of rotatable bonds is 8. The van der Waals surface area contributed by atoms with Crippen LogP contribution in [0.25, 0.3) is 5.76 Å². The maximum Gasteiger partial charge on any atom is 0.295 e. The lowest BCUT2D eigenvalue weighted by Gasteiger charge is -2.27. The molecule has 1 fully saturated rings. The van der Waals surface area contributed by atoms with Gasteiger partial charge >= 0.3 is 0 Å². The molecule has 0 radical (unpaired) electrons. The molecule has 0 aliphatic carbocycles. The first-order valence-electron chi connectivity index (χ1n) is 11.9. The summed E-state index contributed by atoms with van der Waals surface area (Å²) in [5.74, 6) is 0.373. The molecule has 0 bridgehead atoms. The van der Waals surface area contributed by atoms with Gasteiger partial charge in [0.2, 0.25) is 0 Å². The first-order chi connectivity index (χ1) is 17.2. The number of likely N-dealkylation sites (tertiary alicyclic amines) is 1. The highest BCUT2D eigenvalue weighted by molar-refractivity contribution is 6.46. The van der Waals surface area contributed by atoms with E-state index in [1.165, 1.54) is 12.0 Å². The highest BCUT2D eigenvalue weighted by Gasteiger charge is 2.46. The van der Waals surface area contributed by atoms with Crippen LogP contribution in [0.15, 0.2) is 42.0 Å². The zero-order valence-electron chi connectivity index (χ0n) is 21.2. The standard InChI is InChI=1S/C27H32N2O7/c1-16(2)36-20-9-6-17(14-21(20)33-5)24-23(26(31)27(32)29(24)11-10-28(3)4)25(30)18-7-8-19-22(15-18)35-13-12-34-19/h6-9,14-16,24,30H,10-13H2,1-5H3/b25-23+. The number of aliphatic hydroxyl groups is 1. The minimum absolute atomic E-state index is 0.00927. The Morgan fingerprint density at radius 1 is 1.08 bits per heavy atom. The Kier molecular flexibility index (Phi) is 7.40. The Hall–Kier alpha value is -3.72. The molecule has 2 aromatic carbocycles. The molecule has 192 valence electrons. The second-order valence-electron chi connectivity index (χ2n) is 9.23. The van der Waals surface area contributed by atoms with E-state index in [4.69, 9.17) is 18.9 Å². The molecule has 1 amide bonds. The van der Waals surface area contributed by atoms with Crippen molar-refractivity contribution in [2.24, 2.45) is 0 Å². The molecule has 9 heteroatoms. The molecule has 9 nitrogen and oxygen atoms in total. The van der Waals surface area contributed by atoms with Crippen molar-refractivity contribution in [2.45, 2.75) is 26.0 Å². The second-order valence-corrected chi connectivity index (χ2v) is 9.23. The number of likely N-dealkylation sites (N-methyl/N-ethyl adjacent to an activating group) is 1. The lowest BCUT2D eigenvalue weighted by molar-refractivity contribution is -0.140. The van der Waals surface area contributed by atoms with E-state index in [1.807, 2.05) is 32.8 Å². The first kappa shape index (κ1) is 25.4. The number of nitrogens with zero attached hydrogens (tertiary/aromatic N) is 2. The van der Waals surface area contributed by atoms with Crippen LogP contribution in [-0.4, -0.2) is 80.2 Å². The van der Waals surface area contributed by atoms with Crippen molar-refractivity contribution < 1.29 is 33.6 Å². The predicted molar refractivity (Wildman–Crippen MR) is 134 cm³/mol. The van der Waals surface area contributed by atoms with Gasteiger partial charge in [-0.25, -0.2) is 0 Å². The van der Waals surface area contributed by atoms with E-state index in [1.54, 1.807) is 36.4 Å². The SMILES string of the molecule is COc1cc(C2/C(=C(\O)c3ccc4c(c3)OCCO4)C(=O)C(=O)N2CCN(C)C)ccc1OC(C)C. The van der Waals surface area contributed by atoms with Crippen molar-refractivity contribution >= 4 is 17.4 Å². The quantitative estimate of drug-likeness (QED) is 0.338. The van der Waals surface area contributed by atoms with E-state index in [0.717, 1.165) is 0 Å². The number of hydrogen-bond donors (Lipinski definition) is 1. The van der Waals surface area contributed by atoms with Gasteiger partial charge in [-0.1, -0.05) is 6.07 Å². The van der Waals surface area contributed by atoms with Crippen LogP contribution in [0.2, 0.25) is 0 Å². The second kappa shape index (κ2) is 10.5. The molecule has 2 aromatic rings. The van der Waals surface area contributed by atoms with Crippen LogP contribution < -0.4 is 18.9 Å². The number of benzene rings is 2. The summed E-state index contributed by atoms with van der Waals surface area (Å²) >= 11 is 0. The van der Waals surface area contributed by atoms with Gasteiger partial charge in [0.05, 0.1) is 24.8 Å². The van der Waals surface area contributed by atoms with Gasteiger partial charge in [-0.05, 0) is 63.8 Å². The van der Waals surface area contributed by atoms with E-state index in [-0.39, 0.29) is 17.4 Å². The Morgan fingerprint density at radius 3 is 2.47 bits per heavy atom. The van der Waals surface area contributed by atoms with Crippen molar-refractivity contribution in [3.8, 4) is 23.0 Å². The van der Waals surface area contributed by atoms with Gasteiger partial charge < -0.3 is 33.9 Å². The van der Waals surface area contributed by atoms with Gasteiger partial charge in [0.15, 0.2) is 23.0 Å². The van der Waals surface area contributed by atoms with Crippen LogP contribution in [-0.2, 0) is 9.59 Å². The Morgan fingerprint density at radius 2 is 1.81 bits per heavy atom. The molecule has 4 rings (SSSR count). The topological polar surface area (TPSA) is 97.8 Å². The van der Waals surface area contributed by atoms with Gasteiger partial charge in [-0.3, -0.25) is 9.59 Å². The minimum Gasteiger partial charge on any atom is -0.507 e. The highest BCUT2D eigenvalue weighted by Crippen LogP contribution is 2.43. The zero-order chi connectivity index (χ0) is 26.0. The third-order valence-electron chi connectivity index (χ3n) is 6.01. The third kappa shape index (κ3) is 4.97. The number of Topliss-reactive ketones (excluding diaryl/α,β-unsaturated/α-hetero) is 1. The summed E-state index contributed by atoms with van der Waals surface area (Å²) in [7, 11) is 5.31. The fourth-order valence-electron chi connectivity index (χ4n) is 4.32. The molecule has 1 atom stereocenters. The van der Waals surface area contributed by atoms with Gasteiger partial charge in [0, 0.05) is 18.7 Å². The lowest BCUT2D eigenvalue weighted by Crippen LogP contribution is -2.35. The van der Waals surface area contributed by atoms with Gasteiger partial charge in [0.1, 0.15) is 19.0 Å². The molecule has 1 N–H and O–H groups in total. The molecule has 0 spiro atoms. The monoisotopic (exact) mass is 496 g/mol. The van der Waals surface area contributed by atoms with Crippen molar-refractivity contribution in [3.63, 3.8) is 0 Å². The summed E-state index contributed by atoms with van der Waals surface area (Å²) in [6.07, 6.45) is -0.0642. The summed E-state index contributed by atoms with van der Waals surface area (Å²) in [5.41, 5.74) is 0.997. The molecule has 1 saturated heterocycles. The molecule has 1 unspecified atom stereocenters. The lowest BCUT2D eigenvalue weighted by atomic mass is 9.94. The van der Waals surface area contributed by atoms with Crippen LogP contribution in [0.5, 0.6) is 23.0 Å². The van der Waals surface area contributed by atoms with E-state index >= 15 is 0 Å². The number of carbonyl (C=O) groups excluding carboxylic acids is 2. The average Bonchev–Trinajstić information content (AvgIpc) is 3.11. The van der Waals surface area contributed by atoms with Crippen LogP contribution in [0.4, 0.5) is 0 Å². The summed E-state index contributed by atoms with van der Waals surface area (Å²) in [5, 5.41) is 11.4. The molecule has 2 aliphatic heterocycles. The number of methoxy groups -OCH3 is 1. The number of ether oxygens (including phenoxy) is 4. The first-order valence-corrected chi connectivity index (χ1v) is 11.9. The van der Waals surface area contributed by atoms with E-state index in [2.05, 4.69) is 0 Å². The van der Waals surface area contributed by atoms with Gasteiger partial charge in [0.25, 0.3) is 11.7 Å². The largest absolute Gasteiger partial charge is 0.507 e. The van der Waals surface area contributed by atoms with E-state index in [0.29, 0.717) is 60.4 Å². The van der Waals surface area contributed by atoms with Gasteiger partial charge in [-0.15, -0.1) is 0 Å². The predicted octanol–water partition coefficient (Wildman–Crippen LogP) is 3.24. The summed E-state index contributed by atoms with van der Waals surface area (Å²) < 4.78 is 22.6.